The Morgan fingerprint density at radius 2 is 0.817 bits per heavy atom. The van der Waals surface area contributed by atoms with Crippen LogP contribution >= 0.6 is 0 Å². The van der Waals surface area contributed by atoms with E-state index in [-0.39, 0.29) is 0 Å². The lowest BCUT2D eigenvalue weighted by molar-refractivity contribution is 1.18. The Kier molecular flexibility index (Phi) is 8.87. The van der Waals surface area contributed by atoms with Crippen molar-refractivity contribution in [2.24, 2.45) is 0 Å². The summed E-state index contributed by atoms with van der Waals surface area (Å²) in [5.41, 5.74) is 16.3. The predicted octanol–water partition coefficient (Wildman–Crippen LogP) is 16.1. The number of nitrogens with zero attached hydrogens (tertiary/aromatic N) is 2. The molecule has 282 valence electrons. The third-order valence-corrected chi connectivity index (χ3v) is 11.8. The second-order valence-corrected chi connectivity index (χ2v) is 15.3. The highest BCUT2D eigenvalue weighted by Crippen LogP contribution is 2.44. The van der Waals surface area contributed by atoms with Gasteiger partial charge in [-0.25, -0.2) is 0 Å². The molecule has 1 aromatic heterocycles. The molecule has 0 radical (unpaired) electrons. The largest absolute Gasteiger partial charge is 0.310 e. The Labute approximate surface area is 350 Å². The molecule has 2 heteroatoms. The van der Waals surface area contributed by atoms with Crippen molar-refractivity contribution >= 4 is 49.6 Å². The number of benzene rings is 10. The summed E-state index contributed by atoms with van der Waals surface area (Å²) in [4.78, 5) is 2.40. The molecule has 0 amide bonds. The average Bonchev–Trinajstić information content (AvgIpc) is 3.66. The fourth-order valence-corrected chi connectivity index (χ4v) is 8.90. The van der Waals surface area contributed by atoms with Crippen molar-refractivity contribution in [2.45, 2.75) is 0 Å². The minimum absolute atomic E-state index is 1.08. The number of hydrogen-bond acceptors (Lipinski definition) is 1. The summed E-state index contributed by atoms with van der Waals surface area (Å²) in [6.45, 7) is 0. The van der Waals surface area contributed by atoms with Gasteiger partial charge in [-0.05, 0) is 104 Å². The van der Waals surface area contributed by atoms with Gasteiger partial charge >= 0.3 is 0 Å². The first kappa shape index (κ1) is 35.2. The van der Waals surface area contributed by atoms with Gasteiger partial charge in [0.25, 0.3) is 0 Å². The number of para-hydroxylation sites is 3. The van der Waals surface area contributed by atoms with Gasteiger partial charge in [0.15, 0.2) is 0 Å². The molecular weight excluding hydrogens is 725 g/mol. The van der Waals surface area contributed by atoms with Crippen LogP contribution in [0.2, 0.25) is 0 Å². The van der Waals surface area contributed by atoms with Crippen LogP contribution in [0.3, 0.4) is 0 Å². The van der Waals surface area contributed by atoms with E-state index >= 15 is 0 Å². The molecule has 0 spiro atoms. The van der Waals surface area contributed by atoms with Crippen molar-refractivity contribution in [1.82, 2.24) is 4.57 Å². The molecule has 0 aliphatic heterocycles. The Hall–Kier alpha value is -7.94. The highest BCUT2D eigenvalue weighted by Gasteiger charge is 2.20. The zero-order valence-electron chi connectivity index (χ0n) is 33.0. The van der Waals surface area contributed by atoms with E-state index in [1.165, 1.54) is 71.6 Å². The Morgan fingerprint density at radius 3 is 1.62 bits per heavy atom. The number of anilines is 3. The quantitative estimate of drug-likeness (QED) is 0.150. The summed E-state index contributed by atoms with van der Waals surface area (Å²) in [5, 5.41) is 4.92. The van der Waals surface area contributed by atoms with Gasteiger partial charge in [0.1, 0.15) is 0 Å². The second-order valence-electron chi connectivity index (χ2n) is 15.3. The summed E-state index contributed by atoms with van der Waals surface area (Å²) >= 11 is 0. The lowest BCUT2D eigenvalue weighted by Crippen LogP contribution is -2.10. The Morgan fingerprint density at radius 1 is 0.267 bits per heavy atom. The van der Waals surface area contributed by atoms with Crippen molar-refractivity contribution in [3.8, 4) is 50.2 Å². The maximum atomic E-state index is 2.45. The van der Waals surface area contributed by atoms with Crippen LogP contribution in [0.5, 0.6) is 0 Å². The van der Waals surface area contributed by atoms with Gasteiger partial charge in [0, 0.05) is 33.4 Å². The highest BCUT2D eigenvalue weighted by molar-refractivity contribution is 6.11. The summed E-state index contributed by atoms with van der Waals surface area (Å²) in [6.07, 6.45) is 0. The monoisotopic (exact) mass is 764 g/mol. The highest BCUT2D eigenvalue weighted by atomic mass is 15.1. The lowest BCUT2D eigenvalue weighted by Gasteiger charge is -2.27. The Bertz CT molecular complexity index is 3290. The smallest absolute Gasteiger partial charge is 0.0562 e. The maximum Gasteiger partial charge on any atom is 0.0562 e. The average molecular weight is 765 g/mol. The van der Waals surface area contributed by atoms with Gasteiger partial charge in [-0.3, -0.25) is 0 Å². The molecule has 11 rings (SSSR count). The van der Waals surface area contributed by atoms with Crippen LogP contribution in [-0.4, -0.2) is 4.57 Å². The molecule has 10 aromatic carbocycles. The molecule has 0 unspecified atom stereocenters. The van der Waals surface area contributed by atoms with Crippen LogP contribution < -0.4 is 4.90 Å². The molecule has 0 N–H and O–H groups in total. The molecule has 1 heterocycles. The molecule has 2 nitrogen and oxygen atoms in total. The minimum Gasteiger partial charge on any atom is -0.310 e. The number of aromatic nitrogens is 1. The summed E-state index contributed by atoms with van der Waals surface area (Å²) in [6, 6.07) is 87.9. The van der Waals surface area contributed by atoms with E-state index in [1.807, 2.05) is 0 Å². The SMILES string of the molecule is c1ccc(-c2ccc(-c3ccccc3-n3c4ccccc4c4ccc(N(c5ccccc5)c5ccc(-c6ccc7ccccc7c6)c(-c6ccccc6)c5)cc43)cc2)cc1. The van der Waals surface area contributed by atoms with E-state index in [2.05, 4.69) is 252 Å². The molecule has 0 saturated carbocycles. The van der Waals surface area contributed by atoms with Gasteiger partial charge in [-0.15, -0.1) is 0 Å². The van der Waals surface area contributed by atoms with Gasteiger partial charge < -0.3 is 9.47 Å². The van der Waals surface area contributed by atoms with Crippen molar-refractivity contribution in [3.63, 3.8) is 0 Å². The number of fused-ring (bicyclic) bond motifs is 4. The van der Waals surface area contributed by atoms with Crippen molar-refractivity contribution < 1.29 is 0 Å². The Balaban J connectivity index is 1.09. The molecule has 0 atom stereocenters. The molecule has 11 aromatic rings. The molecule has 0 saturated heterocycles. The van der Waals surface area contributed by atoms with Gasteiger partial charge in [-0.1, -0.05) is 188 Å². The van der Waals surface area contributed by atoms with Gasteiger partial charge in [0.05, 0.1) is 16.7 Å². The van der Waals surface area contributed by atoms with Crippen molar-refractivity contribution in [1.29, 1.82) is 0 Å². The fraction of sp³-hybridized carbons (Fsp3) is 0. The normalized spacial score (nSPS) is 11.3. The molecule has 0 fully saturated rings. The van der Waals surface area contributed by atoms with Crippen LogP contribution in [0, 0.1) is 0 Å². The first-order valence-electron chi connectivity index (χ1n) is 20.6. The molecule has 0 aliphatic rings. The van der Waals surface area contributed by atoms with E-state index in [4.69, 9.17) is 0 Å². The van der Waals surface area contributed by atoms with Crippen molar-refractivity contribution in [3.05, 3.63) is 243 Å². The van der Waals surface area contributed by atoms with E-state index in [0.29, 0.717) is 0 Å². The standard InChI is InChI=1S/C58H40N2/c1-4-16-41(17-5-1)43-28-31-45(32-29-43)52-24-12-14-26-56(52)60-57-27-15-13-25-53(57)54-37-35-50(40-58(54)60)59(48-22-8-3-9-23-48)49-34-36-51(55(39-49)44-19-6-2-7-20-44)47-33-30-42-18-10-11-21-46(42)38-47/h1-40H. The first-order valence-corrected chi connectivity index (χ1v) is 20.6. The summed E-state index contributed by atoms with van der Waals surface area (Å²) in [5.74, 6) is 0. The maximum absolute atomic E-state index is 2.45. The molecule has 0 bridgehead atoms. The fourth-order valence-electron chi connectivity index (χ4n) is 8.90. The third kappa shape index (κ3) is 6.32. The van der Waals surface area contributed by atoms with Crippen LogP contribution in [-0.2, 0) is 0 Å². The molecular formula is C58H40N2. The summed E-state index contributed by atoms with van der Waals surface area (Å²) in [7, 11) is 0. The molecule has 60 heavy (non-hydrogen) atoms. The van der Waals surface area contributed by atoms with Crippen LogP contribution in [0.1, 0.15) is 0 Å². The van der Waals surface area contributed by atoms with E-state index in [9.17, 15) is 0 Å². The second kappa shape index (κ2) is 15.1. The lowest BCUT2D eigenvalue weighted by atomic mass is 9.92. The van der Waals surface area contributed by atoms with Gasteiger partial charge in [0.2, 0.25) is 0 Å². The van der Waals surface area contributed by atoms with Crippen molar-refractivity contribution in [2.75, 3.05) is 4.90 Å². The van der Waals surface area contributed by atoms with Crippen LogP contribution in [0.15, 0.2) is 243 Å². The zero-order chi connectivity index (χ0) is 39.8. The zero-order valence-corrected chi connectivity index (χ0v) is 33.0. The van der Waals surface area contributed by atoms with E-state index < -0.39 is 0 Å². The number of hydrogen-bond donors (Lipinski definition) is 0. The third-order valence-electron chi connectivity index (χ3n) is 11.8. The van der Waals surface area contributed by atoms with E-state index in [1.54, 1.807) is 0 Å². The molecule has 0 aliphatic carbocycles. The first-order chi connectivity index (χ1) is 29.8. The van der Waals surface area contributed by atoms with Crippen LogP contribution in [0.4, 0.5) is 17.1 Å². The summed E-state index contributed by atoms with van der Waals surface area (Å²) < 4.78 is 2.45. The van der Waals surface area contributed by atoms with E-state index in [0.717, 1.165) is 28.3 Å². The number of rotatable bonds is 8. The minimum atomic E-state index is 1.08. The van der Waals surface area contributed by atoms with Crippen LogP contribution in [0.25, 0.3) is 82.8 Å². The predicted molar refractivity (Wildman–Crippen MR) is 255 cm³/mol. The topological polar surface area (TPSA) is 8.17 Å². The van der Waals surface area contributed by atoms with Gasteiger partial charge in [-0.2, -0.15) is 0 Å².